The Balaban J connectivity index is 2.04. The molecule has 23 heavy (non-hydrogen) atoms. The first-order valence-corrected chi connectivity index (χ1v) is 9.22. The largest absolute Gasteiger partial charge is 0.481 e. The Kier molecular flexibility index (Phi) is 5.41. The van der Waals surface area contributed by atoms with Gasteiger partial charge in [0.1, 0.15) is 0 Å². The van der Waals surface area contributed by atoms with Crippen LogP contribution >= 0.6 is 0 Å². The fourth-order valence-electron chi connectivity index (χ4n) is 2.62. The van der Waals surface area contributed by atoms with E-state index in [-0.39, 0.29) is 16.7 Å². The normalized spacial score (nSPS) is 16.9. The number of hydrogen-bond donors (Lipinski definition) is 2. The number of sulfone groups is 1. The third-order valence-electron chi connectivity index (χ3n) is 4.18. The Morgan fingerprint density at radius 3 is 2.30 bits per heavy atom. The Morgan fingerprint density at radius 2 is 1.78 bits per heavy atom. The number of carboxylic acid groups (broad SMARTS) is 1. The second kappa shape index (κ2) is 7.12. The molecule has 2 rings (SSSR count). The van der Waals surface area contributed by atoms with Gasteiger partial charge in [0.15, 0.2) is 9.84 Å². The van der Waals surface area contributed by atoms with Gasteiger partial charge >= 0.3 is 5.97 Å². The van der Waals surface area contributed by atoms with Gasteiger partial charge in [0.2, 0.25) is 0 Å². The average molecular weight is 339 g/mol. The zero-order valence-corrected chi connectivity index (χ0v) is 13.8. The van der Waals surface area contributed by atoms with Crippen LogP contribution in [-0.4, -0.2) is 37.2 Å². The Bertz CT molecular complexity index is 675. The highest BCUT2D eigenvalue weighted by molar-refractivity contribution is 7.92. The molecule has 0 heterocycles. The number of aliphatic carboxylic acids is 1. The highest BCUT2D eigenvalue weighted by Crippen LogP contribution is 2.29. The summed E-state index contributed by atoms with van der Waals surface area (Å²) in [5, 5.41) is 11.0. The predicted molar refractivity (Wildman–Crippen MR) is 85.0 cm³/mol. The SMILES string of the molecule is CC(CNC(=O)c1ccc(S(=O)(=O)C2CCCC2)cc1)C(=O)O. The minimum Gasteiger partial charge on any atom is -0.481 e. The van der Waals surface area contributed by atoms with Crippen LogP contribution in [0.5, 0.6) is 0 Å². The van der Waals surface area contributed by atoms with Crippen molar-refractivity contribution in [3.63, 3.8) is 0 Å². The lowest BCUT2D eigenvalue weighted by Gasteiger charge is -2.12. The van der Waals surface area contributed by atoms with E-state index in [2.05, 4.69) is 5.32 Å². The van der Waals surface area contributed by atoms with Crippen LogP contribution in [0.4, 0.5) is 0 Å². The number of rotatable bonds is 6. The van der Waals surface area contributed by atoms with Crippen LogP contribution in [-0.2, 0) is 14.6 Å². The van der Waals surface area contributed by atoms with Crippen LogP contribution in [0, 0.1) is 5.92 Å². The Morgan fingerprint density at radius 1 is 1.22 bits per heavy atom. The molecular formula is C16H21NO5S. The monoisotopic (exact) mass is 339 g/mol. The molecular weight excluding hydrogens is 318 g/mol. The molecule has 7 heteroatoms. The van der Waals surface area contributed by atoms with E-state index >= 15 is 0 Å². The minimum atomic E-state index is -3.33. The van der Waals surface area contributed by atoms with Gasteiger partial charge in [0.25, 0.3) is 5.91 Å². The van der Waals surface area contributed by atoms with Gasteiger partial charge in [0, 0.05) is 12.1 Å². The van der Waals surface area contributed by atoms with E-state index in [4.69, 9.17) is 5.11 Å². The maximum Gasteiger partial charge on any atom is 0.308 e. The van der Waals surface area contributed by atoms with Gasteiger partial charge in [-0.05, 0) is 37.1 Å². The first-order valence-electron chi connectivity index (χ1n) is 7.67. The van der Waals surface area contributed by atoms with E-state index in [1.807, 2.05) is 0 Å². The number of nitrogens with one attached hydrogen (secondary N) is 1. The molecule has 0 aromatic heterocycles. The molecule has 1 aliphatic rings. The first-order chi connectivity index (χ1) is 10.8. The van der Waals surface area contributed by atoms with Crippen molar-refractivity contribution in [2.45, 2.75) is 42.8 Å². The summed E-state index contributed by atoms with van der Waals surface area (Å²) >= 11 is 0. The summed E-state index contributed by atoms with van der Waals surface area (Å²) in [5.74, 6) is -2.08. The molecule has 0 aliphatic heterocycles. The summed E-state index contributed by atoms with van der Waals surface area (Å²) in [6.45, 7) is 1.52. The van der Waals surface area contributed by atoms with Gasteiger partial charge in [-0.15, -0.1) is 0 Å². The zero-order valence-electron chi connectivity index (χ0n) is 13.0. The molecule has 126 valence electrons. The number of carbonyl (C=O) groups is 2. The molecule has 0 radical (unpaired) electrons. The van der Waals surface area contributed by atoms with Crippen molar-refractivity contribution in [2.24, 2.45) is 5.92 Å². The van der Waals surface area contributed by atoms with Crippen LogP contribution in [0.3, 0.4) is 0 Å². The van der Waals surface area contributed by atoms with E-state index in [1.165, 1.54) is 31.2 Å². The maximum absolute atomic E-state index is 12.4. The standard InChI is InChI=1S/C16H21NO5S/c1-11(16(19)20)10-17-15(18)12-6-8-14(9-7-12)23(21,22)13-4-2-3-5-13/h6-9,11,13H,2-5,10H2,1H3,(H,17,18)(H,19,20). The summed E-state index contributed by atoms with van der Waals surface area (Å²) in [7, 11) is -3.33. The first kappa shape index (κ1) is 17.5. The van der Waals surface area contributed by atoms with E-state index in [9.17, 15) is 18.0 Å². The highest BCUT2D eigenvalue weighted by atomic mass is 32.2. The van der Waals surface area contributed by atoms with Crippen LogP contribution in [0.15, 0.2) is 29.2 Å². The summed E-state index contributed by atoms with van der Waals surface area (Å²) in [6, 6.07) is 5.82. The van der Waals surface area contributed by atoms with Crippen LogP contribution < -0.4 is 5.32 Å². The van der Waals surface area contributed by atoms with E-state index in [1.54, 1.807) is 0 Å². The fourth-order valence-corrected chi connectivity index (χ4v) is 4.48. The average Bonchev–Trinajstić information content (AvgIpc) is 3.07. The van der Waals surface area contributed by atoms with E-state index in [0.29, 0.717) is 18.4 Å². The van der Waals surface area contributed by atoms with Gasteiger partial charge in [0.05, 0.1) is 16.1 Å². The van der Waals surface area contributed by atoms with Crippen LogP contribution in [0.25, 0.3) is 0 Å². The maximum atomic E-state index is 12.4. The molecule has 1 saturated carbocycles. The van der Waals surface area contributed by atoms with Crippen molar-refractivity contribution in [1.82, 2.24) is 5.32 Å². The van der Waals surface area contributed by atoms with Crippen LogP contribution in [0.2, 0.25) is 0 Å². The molecule has 1 unspecified atom stereocenters. The molecule has 0 bridgehead atoms. The second-order valence-corrected chi connectivity index (χ2v) is 8.15. The lowest BCUT2D eigenvalue weighted by Crippen LogP contribution is -2.31. The minimum absolute atomic E-state index is 0.0241. The summed E-state index contributed by atoms with van der Waals surface area (Å²) < 4.78 is 24.9. The van der Waals surface area contributed by atoms with Gasteiger partial charge in [-0.2, -0.15) is 0 Å². The molecule has 1 aromatic carbocycles. The molecule has 0 saturated heterocycles. The van der Waals surface area contributed by atoms with Crippen molar-refractivity contribution in [1.29, 1.82) is 0 Å². The molecule has 1 atom stereocenters. The van der Waals surface area contributed by atoms with Gasteiger partial charge in [-0.1, -0.05) is 19.8 Å². The van der Waals surface area contributed by atoms with Crippen molar-refractivity contribution < 1.29 is 23.1 Å². The topological polar surface area (TPSA) is 101 Å². The van der Waals surface area contributed by atoms with Gasteiger partial charge in [-0.3, -0.25) is 9.59 Å². The predicted octanol–water partition coefficient (Wildman–Crippen LogP) is 1.85. The van der Waals surface area contributed by atoms with Crippen LogP contribution in [0.1, 0.15) is 43.0 Å². The van der Waals surface area contributed by atoms with Crippen molar-refractivity contribution in [3.8, 4) is 0 Å². The number of carboxylic acids is 1. The van der Waals surface area contributed by atoms with Gasteiger partial charge in [-0.25, -0.2) is 8.42 Å². The smallest absolute Gasteiger partial charge is 0.308 e. The summed E-state index contributed by atoms with van der Waals surface area (Å²) in [6.07, 6.45) is 3.26. The second-order valence-electron chi connectivity index (χ2n) is 5.93. The lowest BCUT2D eigenvalue weighted by molar-refractivity contribution is -0.140. The number of benzene rings is 1. The molecule has 1 amide bonds. The number of amides is 1. The molecule has 6 nitrogen and oxygen atoms in total. The quantitative estimate of drug-likeness (QED) is 0.824. The summed E-state index contributed by atoms with van der Waals surface area (Å²) in [4.78, 5) is 22.9. The number of carbonyl (C=O) groups excluding carboxylic acids is 1. The molecule has 1 aliphatic carbocycles. The Labute approximate surface area is 135 Å². The third kappa shape index (κ3) is 4.10. The highest BCUT2D eigenvalue weighted by Gasteiger charge is 2.30. The van der Waals surface area contributed by atoms with E-state index in [0.717, 1.165) is 12.8 Å². The summed E-state index contributed by atoms with van der Waals surface area (Å²) in [5.41, 5.74) is 0.313. The zero-order chi connectivity index (χ0) is 17.0. The van der Waals surface area contributed by atoms with Crippen molar-refractivity contribution in [3.05, 3.63) is 29.8 Å². The van der Waals surface area contributed by atoms with Gasteiger partial charge < -0.3 is 10.4 Å². The molecule has 2 N–H and O–H groups in total. The molecule has 1 aromatic rings. The van der Waals surface area contributed by atoms with Crippen molar-refractivity contribution in [2.75, 3.05) is 6.54 Å². The van der Waals surface area contributed by atoms with E-state index < -0.39 is 27.6 Å². The molecule has 0 spiro atoms. The molecule has 1 fully saturated rings. The third-order valence-corrected chi connectivity index (χ3v) is 6.45. The van der Waals surface area contributed by atoms with Crippen molar-refractivity contribution >= 4 is 21.7 Å². The Hall–Kier alpha value is -1.89. The number of hydrogen-bond acceptors (Lipinski definition) is 4. The fraction of sp³-hybridized carbons (Fsp3) is 0.500. The lowest BCUT2D eigenvalue weighted by atomic mass is 10.1.